The quantitative estimate of drug-likeness (QED) is 0.843. The summed E-state index contributed by atoms with van der Waals surface area (Å²) in [5, 5.41) is 2.46. The third-order valence-corrected chi connectivity index (χ3v) is 2.09. The van der Waals surface area contributed by atoms with Gasteiger partial charge in [-0.3, -0.25) is 0 Å². The van der Waals surface area contributed by atoms with Gasteiger partial charge in [-0.1, -0.05) is 24.0 Å². The molecule has 20 heavy (non-hydrogen) atoms. The molecule has 0 aliphatic heterocycles. The zero-order valence-corrected chi connectivity index (χ0v) is 11.7. The highest BCUT2D eigenvalue weighted by Gasteiger charge is 2.15. The number of hydrogen-bond acceptors (Lipinski definition) is 2. The Morgan fingerprint density at radius 1 is 1.40 bits per heavy atom. The first-order valence-corrected chi connectivity index (χ1v) is 6.12. The molecule has 0 radical (unpaired) electrons. The van der Waals surface area contributed by atoms with Gasteiger partial charge in [0.2, 0.25) is 0 Å². The van der Waals surface area contributed by atoms with Crippen molar-refractivity contribution in [3.8, 4) is 11.8 Å². The fourth-order valence-corrected chi connectivity index (χ4v) is 1.33. The Bertz CT molecular complexity index is 525. The predicted octanol–water partition coefficient (Wildman–Crippen LogP) is 3.50. The zero-order valence-electron chi connectivity index (χ0n) is 11.7. The Hall–Kier alpha value is -2.09. The number of benzene rings is 1. The van der Waals surface area contributed by atoms with E-state index in [2.05, 4.69) is 17.2 Å². The number of hydrogen-bond donors (Lipinski definition) is 1. The lowest BCUT2D eigenvalue weighted by Crippen LogP contribution is -2.32. The van der Waals surface area contributed by atoms with Crippen molar-refractivity contribution in [3.05, 3.63) is 35.4 Å². The minimum Gasteiger partial charge on any atom is -0.444 e. The van der Waals surface area contributed by atoms with Crippen LogP contribution in [0.15, 0.2) is 24.3 Å². The van der Waals surface area contributed by atoms with E-state index < -0.39 is 18.1 Å². The van der Waals surface area contributed by atoms with Gasteiger partial charge in [0, 0.05) is 11.1 Å². The minimum absolute atomic E-state index is 0.0723. The summed E-state index contributed by atoms with van der Waals surface area (Å²) >= 11 is 0. The molecule has 1 rings (SSSR count). The maximum absolute atomic E-state index is 12.5. The van der Waals surface area contributed by atoms with Gasteiger partial charge >= 0.3 is 6.09 Å². The number of amides is 1. The molecule has 1 aromatic rings. The van der Waals surface area contributed by atoms with E-state index in [9.17, 15) is 13.6 Å². The topological polar surface area (TPSA) is 38.3 Å². The Morgan fingerprint density at radius 2 is 2.10 bits per heavy atom. The molecule has 0 atom stereocenters. The molecule has 1 N–H and O–H groups in total. The van der Waals surface area contributed by atoms with Crippen LogP contribution < -0.4 is 5.32 Å². The van der Waals surface area contributed by atoms with Crippen LogP contribution in [0.25, 0.3) is 0 Å². The Labute approximate surface area is 117 Å². The first-order valence-electron chi connectivity index (χ1n) is 6.12. The second-order valence-corrected chi connectivity index (χ2v) is 5.08. The summed E-state index contributed by atoms with van der Waals surface area (Å²) in [6.07, 6.45) is -3.08. The van der Waals surface area contributed by atoms with E-state index in [0.29, 0.717) is 5.56 Å². The van der Waals surface area contributed by atoms with Crippen molar-refractivity contribution in [2.75, 3.05) is 6.54 Å². The van der Waals surface area contributed by atoms with Gasteiger partial charge in [-0.15, -0.1) is 0 Å². The van der Waals surface area contributed by atoms with Gasteiger partial charge in [0.05, 0.1) is 6.54 Å². The number of carbonyl (C=O) groups excluding carboxylic acids is 1. The second kappa shape index (κ2) is 6.90. The number of halogens is 2. The molecule has 0 spiro atoms. The summed E-state index contributed by atoms with van der Waals surface area (Å²) in [6, 6.07) is 5.82. The maximum Gasteiger partial charge on any atom is 0.408 e. The molecule has 0 saturated heterocycles. The van der Waals surface area contributed by atoms with Crippen molar-refractivity contribution in [1.29, 1.82) is 0 Å². The summed E-state index contributed by atoms with van der Waals surface area (Å²) in [5.74, 6) is 5.38. The van der Waals surface area contributed by atoms with Crippen LogP contribution in [0.3, 0.4) is 0 Å². The average molecular weight is 281 g/mol. The number of rotatable bonds is 2. The van der Waals surface area contributed by atoms with Crippen molar-refractivity contribution in [1.82, 2.24) is 5.32 Å². The van der Waals surface area contributed by atoms with E-state index >= 15 is 0 Å². The highest BCUT2D eigenvalue weighted by molar-refractivity contribution is 5.68. The Balaban J connectivity index is 2.51. The second-order valence-electron chi connectivity index (χ2n) is 5.08. The minimum atomic E-state index is -2.52. The largest absolute Gasteiger partial charge is 0.444 e. The molecule has 1 aromatic carbocycles. The molecule has 0 saturated carbocycles. The van der Waals surface area contributed by atoms with Gasteiger partial charge in [-0.25, -0.2) is 13.6 Å². The molecule has 0 heterocycles. The molecular weight excluding hydrogens is 264 g/mol. The van der Waals surface area contributed by atoms with Crippen molar-refractivity contribution in [3.63, 3.8) is 0 Å². The first-order chi connectivity index (χ1) is 9.28. The fraction of sp³-hybridized carbons (Fsp3) is 0.400. The molecule has 108 valence electrons. The van der Waals surface area contributed by atoms with Crippen LogP contribution in [0.5, 0.6) is 0 Å². The molecule has 3 nitrogen and oxygen atoms in total. The summed E-state index contributed by atoms with van der Waals surface area (Å²) < 4.78 is 30.0. The van der Waals surface area contributed by atoms with E-state index in [1.165, 1.54) is 18.2 Å². The van der Waals surface area contributed by atoms with E-state index in [4.69, 9.17) is 4.74 Å². The van der Waals surface area contributed by atoms with Crippen LogP contribution >= 0.6 is 0 Å². The molecule has 0 aliphatic rings. The van der Waals surface area contributed by atoms with Crippen LogP contribution in [0.2, 0.25) is 0 Å². The molecule has 0 aromatic heterocycles. The lowest BCUT2D eigenvalue weighted by atomic mass is 10.1. The summed E-state index contributed by atoms with van der Waals surface area (Å²) in [6.45, 7) is 5.37. The molecule has 1 amide bonds. The average Bonchev–Trinajstić information content (AvgIpc) is 2.33. The van der Waals surface area contributed by atoms with Gasteiger partial charge in [0.1, 0.15) is 5.60 Å². The highest BCUT2D eigenvalue weighted by atomic mass is 19.3. The van der Waals surface area contributed by atoms with Crippen molar-refractivity contribution in [2.45, 2.75) is 32.8 Å². The number of nitrogens with one attached hydrogen (secondary N) is 1. The molecule has 0 bridgehead atoms. The molecular formula is C15H17F2NO2. The van der Waals surface area contributed by atoms with Crippen molar-refractivity contribution in [2.24, 2.45) is 0 Å². The highest BCUT2D eigenvalue weighted by Crippen LogP contribution is 2.18. The van der Waals surface area contributed by atoms with Crippen LogP contribution in [-0.2, 0) is 4.74 Å². The van der Waals surface area contributed by atoms with Crippen molar-refractivity contribution >= 4 is 6.09 Å². The van der Waals surface area contributed by atoms with Crippen LogP contribution in [0.1, 0.15) is 38.3 Å². The molecule has 5 heteroatoms. The van der Waals surface area contributed by atoms with Gasteiger partial charge < -0.3 is 10.1 Å². The van der Waals surface area contributed by atoms with E-state index in [0.717, 1.165) is 0 Å². The standard InChI is InChI=1S/C15H17F2NO2/c1-15(2,3)20-14(19)18-9-5-7-11-6-4-8-12(10-11)13(16)17/h4,6,8,10,13H,9H2,1-3H3,(H,18,19). The normalized spacial score (nSPS) is 10.7. The number of alkyl halides is 2. The smallest absolute Gasteiger partial charge is 0.408 e. The fourth-order valence-electron chi connectivity index (χ4n) is 1.33. The van der Waals surface area contributed by atoms with Gasteiger partial charge in [0.15, 0.2) is 0 Å². The third-order valence-electron chi connectivity index (χ3n) is 2.09. The van der Waals surface area contributed by atoms with Crippen LogP contribution in [-0.4, -0.2) is 18.2 Å². The number of carbonyl (C=O) groups is 1. The van der Waals surface area contributed by atoms with E-state index in [-0.39, 0.29) is 12.1 Å². The monoisotopic (exact) mass is 281 g/mol. The number of ether oxygens (including phenoxy) is 1. The Morgan fingerprint density at radius 3 is 2.70 bits per heavy atom. The Kier molecular flexibility index (Phi) is 5.51. The molecule has 0 fully saturated rings. The van der Waals surface area contributed by atoms with Gasteiger partial charge in [0.25, 0.3) is 6.43 Å². The molecule has 0 unspecified atom stereocenters. The van der Waals surface area contributed by atoms with Gasteiger partial charge in [-0.05, 0) is 32.9 Å². The maximum atomic E-state index is 12.5. The summed E-state index contributed by atoms with van der Waals surface area (Å²) in [4.78, 5) is 11.3. The third kappa shape index (κ3) is 6.19. The summed E-state index contributed by atoms with van der Waals surface area (Å²) in [5.41, 5.74) is -0.158. The first kappa shape index (κ1) is 16.0. The lowest BCUT2D eigenvalue weighted by molar-refractivity contribution is 0.0535. The summed E-state index contributed by atoms with van der Waals surface area (Å²) in [7, 11) is 0. The van der Waals surface area contributed by atoms with Crippen LogP contribution in [0.4, 0.5) is 13.6 Å². The predicted molar refractivity (Wildman–Crippen MR) is 72.5 cm³/mol. The molecule has 0 aliphatic carbocycles. The lowest BCUT2D eigenvalue weighted by Gasteiger charge is -2.18. The van der Waals surface area contributed by atoms with Gasteiger partial charge in [-0.2, -0.15) is 0 Å². The van der Waals surface area contributed by atoms with Crippen LogP contribution in [0, 0.1) is 11.8 Å². The number of alkyl carbamates (subject to hydrolysis) is 1. The van der Waals surface area contributed by atoms with E-state index in [1.54, 1.807) is 26.8 Å². The SMILES string of the molecule is CC(C)(C)OC(=O)NCC#Cc1cccc(C(F)F)c1. The van der Waals surface area contributed by atoms with E-state index in [1.807, 2.05) is 0 Å². The zero-order chi connectivity index (χ0) is 15.2. The van der Waals surface area contributed by atoms with Crippen molar-refractivity contribution < 1.29 is 18.3 Å².